The van der Waals surface area contributed by atoms with Gasteiger partial charge in [-0.3, -0.25) is 4.79 Å². The minimum Gasteiger partial charge on any atom is -0.486 e. The van der Waals surface area contributed by atoms with Crippen LogP contribution in [0.25, 0.3) is 0 Å². The molecule has 1 aliphatic rings. The maximum absolute atomic E-state index is 13.6. The third-order valence-corrected chi connectivity index (χ3v) is 3.06. The Bertz CT molecular complexity index is 726. The van der Waals surface area contributed by atoms with Crippen molar-refractivity contribution in [2.24, 2.45) is 0 Å². The van der Waals surface area contributed by atoms with E-state index in [9.17, 15) is 18.0 Å². The van der Waals surface area contributed by atoms with Crippen LogP contribution in [0, 0.1) is 17.5 Å². The molecule has 2 aromatic carbocycles. The summed E-state index contributed by atoms with van der Waals surface area (Å²) in [5.41, 5.74) is -0.652. The summed E-state index contributed by atoms with van der Waals surface area (Å²) in [5.74, 6) is -3.68. The predicted octanol–water partition coefficient (Wildman–Crippen LogP) is 3.13. The van der Waals surface area contributed by atoms with Crippen LogP contribution in [0.3, 0.4) is 0 Å². The smallest absolute Gasteiger partial charge is 0.259 e. The minimum absolute atomic E-state index is 0.0697. The molecule has 1 amide bonds. The molecular formula is C15H10F3NO3. The number of carbonyl (C=O) groups is 1. The van der Waals surface area contributed by atoms with Gasteiger partial charge in [-0.05, 0) is 12.1 Å². The third kappa shape index (κ3) is 2.57. The normalized spacial score (nSPS) is 12.9. The van der Waals surface area contributed by atoms with E-state index in [4.69, 9.17) is 9.47 Å². The van der Waals surface area contributed by atoms with E-state index in [-0.39, 0.29) is 17.9 Å². The summed E-state index contributed by atoms with van der Waals surface area (Å²) in [5, 5.41) is 2.08. The lowest BCUT2D eigenvalue weighted by molar-refractivity contribution is 0.101. The van der Waals surface area contributed by atoms with Crippen molar-refractivity contribution in [2.75, 3.05) is 18.5 Å². The predicted molar refractivity (Wildman–Crippen MR) is 71.7 cm³/mol. The Hall–Kier alpha value is -2.70. The van der Waals surface area contributed by atoms with Crippen molar-refractivity contribution in [1.29, 1.82) is 0 Å². The van der Waals surface area contributed by atoms with Crippen molar-refractivity contribution in [3.63, 3.8) is 0 Å². The standard InChI is InChI=1S/C15H10F3NO3/c16-8-6-10(17)13(11(18)7-8)19-15(20)9-2-1-3-12-14(9)22-5-4-21-12/h1-3,6-7H,4-5H2,(H,19,20). The highest BCUT2D eigenvalue weighted by atomic mass is 19.1. The Kier molecular flexibility index (Phi) is 3.62. The molecule has 1 aliphatic heterocycles. The number of carbonyl (C=O) groups excluding carboxylic acids is 1. The number of benzene rings is 2. The number of rotatable bonds is 2. The van der Waals surface area contributed by atoms with Gasteiger partial charge in [-0.25, -0.2) is 13.2 Å². The fourth-order valence-electron chi connectivity index (χ4n) is 2.10. The molecule has 2 aromatic rings. The van der Waals surface area contributed by atoms with Crippen molar-refractivity contribution in [3.8, 4) is 11.5 Å². The third-order valence-electron chi connectivity index (χ3n) is 3.06. The van der Waals surface area contributed by atoms with Crippen LogP contribution in [0.1, 0.15) is 10.4 Å². The number of para-hydroxylation sites is 1. The maximum Gasteiger partial charge on any atom is 0.259 e. The SMILES string of the molecule is O=C(Nc1c(F)cc(F)cc1F)c1cccc2c1OCCO2. The van der Waals surface area contributed by atoms with Gasteiger partial charge in [-0.2, -0.15) is 0 Å². The summed E-state index contributed by atoms with van der Waals surface area (Å²) < 4.78 is 50.7. The molecule has 0 fully saturated rings. The molecule has 0 saturated heterocycles. The molecular weight excluding hydrogens is 299 g/mol. The van der Waals surface area contributed by atoms with Crippen LogP contribution < -0.4 is 14.8 Å². The first-order valence-corrected chi connectivity index (χ1v) is 6.41. The number of ether oxygens (including phenoxy) is 2. The monoisotopic (exact) mass is 309 g/mol. The van der Waals surface area contributed by atoms with E-state index in [1.54, 1.807) is 12.1 Å². The molecule has 0 bridgehead atoms. The molecule has 0 atom stereocenters. The van der Waals surface area contributed by atoms with E-state index >= 15 is 0 Å². The topological polar surface area (TPSA) is 47.6 Å². The van der Waals surface area contributed by atoms with Crippen LogP contribution in [0.5, 0.6) is 11.5 Å². The fraction of sp³-hybridized carbons (Fsp3) is 0.133. The van der Waals surface area contributed by atoms with Crippen molar-refractivity contribution in [1.82, 2.24) is 0 Å². The van der Waals surface area contributed by atoms with Gasteiger partial charge in [0.25, 0.3) is 5.91 Å². The largest absolute Gasteiger partial charge is 0.486 e. The fourth-order valence-corrected chi connectivity index (χ4v) is 2.10. The molecule has 0 spiro atoms. The van der Waals surface area contributed by atoms with Gasteiger partial charge in [0.2, 0.25) is 0 Å². The summed E-state index contributed by atoms with van der Waals surface area (Å²) in [4.78, 5) is 12.2. The summed E-state index contributed by atoms with van der Waals surface area (Å²) in [6.07, 6.45) is 0. The summed E-state index contributed by atoms with van der Waals surface area (Å²) in [7, 11) is 0. The molecule has 1 N–H and O–H groups in total. The number of halogens is 3. The molecule has 22 heavy (non-hydrogen) atoms. The second kappa shape index (κ2) is 5.59. The second-order valence-electron chi connectivity index (χ2n) is 4.53. The molecule has 0 unspecified atom stereocenters. The van der Waals surface area contributed by atoms with E-state index < -0.39 is 29.0 Å². The van der Waals surface area contributed by atoms with Gasteiger partial charge < -0.3 is 14.8 Å². The first-order valence-electron chi connectivity index (χ1n) is 6.41. The molecule has 1 heterocycles. The molecule has 114 valence electrons. The Morgan fingerprint density at radius 3 is 2.45 bits per heavy atom. The summed E-state index contributed by atoms with van der Waals surface area (Å²) >= 11 is 0. The van der Waals surface area contributed by atoms with Crippen LogP contribution in [0.4, 0.5) is 18.9 Å². The van der Waals surface area contributed by atoms with Crippen LogP contribution in [0.15, 0.2) is 30.3 Å². The number of nitrogens with one attached hydrogen (secondary N) is 1. The highest BCUT2D eigenvalue weighted by Crippen LogP contribution is 2.34. The van der Waals surface area contributed by atoms with Crippen LogP contribution in [-0.2, 0) is 0 Å². The lowest BCUT2D eigenvalue weighted by Crippen LogP contribution is -2.20. The van der Waals surface area contributed by atoms with Gasteiger partial charge in [0, 0.05) is 12.1 Å². The van der Waals surface area contributed by atoms with E-state index in [2.05, 4.69) is 5.32 Å². The lowest BCUT2D eigenvalue weighted by atomic mass is 10.1. The highest BCUT2D eigenvalue weighted by molar-refractivity contribution is 6.06. The molecule has 0 saturated carbocycles. The van der Waals surface area contributed by atoms with E-state index in [0.29, 0.717) is 24.5 Å². The van der Waals surface area contributed by atoms with Crippen LogP contribution in [0.2, 0.25) is 0 Å². The van der Waals surface area contributed by atoms with Gasteiger partial charge in [0.1, 0.15) is 24.7 Å². The van der Waals surface area contributed by atoms with Gasteiger partial charge in [-0.15, -0.1) is 0 Å². The Morgan fingerprint density at radius 1 is 1.05 bits per heavy atom. The summed E-state index contributed by atoms with van der Waals surface area (Å²) in [6, 6.07) is 5.57. The van der Waals surface area contributed by atoms with Gasteiger partial charge in [-0.1, -0.05) is 6.07 Å². The Labute approximate surface area is 123 Å². The molecule has 4 nitrogen and oxygen atoms in total. The number of fused-ring (bicyclic) bond motifs is 1. The second-order valence-corrected chi connectivity index (χ2v) is 4.53. The van der Waals surface area contributed by atoms with Gasteiger partial charge >= 0.3 is 0 Å². The molecule has 7 heteroatoms. The first kappa shape index (κ1) is 14.2. The highest BCUT2D eigenvalue weighted by Gasteiger charge is 2.22. The van der Waals surface area contributed by atoms with Crippen LogP contribution >= 0.6 is 0 Å². The quantitative estimate of drug-likeness (QED) is 0.927. The Morgan fingerprint density at radius 2 is 1.73 bits per heavy atom. The average Bonchev–Trinajstić information content (AvgIpc) is 2.50. The molecule has 3 rings (SSSR count). The van der Waals surface area contributed by atoms with Crippen molar-refractivity contribution in [3.05, 3.63) is 53.3 Å². The van der Waals surface area contributed by atoms with Gasteiger partial charge in [0.15, 0.2) is 23.1 Å². The summed E-state index contributed by atoms with van der Waals surface area (Å²) in [6.45, 7) is 0.607. The zero-order valence-corrected chi connectivity index (χ0v) is 11.2. The van der Waals surface area contributed by atoms with Crippen LogP contribution in [-0.4, -0.2) is 19.1 Å². The van der Waals surface area contributed by atoms with Crippen molar-refractivity contribution in [2.45, 2.75) is 0 Å². The Balaban J connectivity index is 1.93. The van der Waals surface area contributed by atoms with Crippen molar-refractivity contribution < 1.29 is 27.4 Å². The average molecular weight is 309 g/mol. The molecule has 0 aromatic heterocycles. The van der Waals surface area contributed by atoms with E-state index in [1.165, 1.54) is 6.07 Å². The maximum atomic E-state index is 13.6. The minimum atomic E-state index is -1.20. The number of amides is 1. The zero-order valence-electron chi connectivity index (χ0n) is 11.2. The molecule has 0 aliphatic carbocycles. The van der Waals surface area contributed by atoms with Crippen molar-refractivity contribution >= 4 is 11.6 Å². The first-order chi connectivity index (χ1) is 10.6. The number of hydrogen-bond acceptors (Lipinski definition) is 3. The number of hydrogen-bond donors (Lipinski definition) is 1. The lowest BCUT2D eigenvalue weighted by Gasteiger charge is -2.20. The molecule has 0 radical (unpaired) electrons. The van der Waals surface area contributed by atoms with E-state index in [0.717, 1.165) is 0 Å². The van der Waals surface area contributed by atoms with Gasteiger partial charge in [0.05, 0.1) is 5.56 Å². The van der Waals surface area contributed by atoms with E-state index in [1.807, 2.05) is 0 Å². The zero-order chi connectivity index (χ0) is 15.7. The number of anilines is 1.